The molecule has 0 atom stereocenters. The van der Waals surface area contributed by atoms with E-state index in [-0.39, 0.29) is 0 Å². The van der Waals surface area contributed by atoms with E-state index < -0.39 is 0 Å². The minimum atomic E-state index is 0.385. The molecule has 0 aromatic heterocycles. The minimum absolute atomic E-state index is 0.385. The molecular formula is C12H13N3O. The van der Waals surface area contributed by atoms with Crippen LogP contribution in [0.4, 0.5) is 0 Å². The lowest BCUT2D eigenvalue weighted by Gasteiger charge is -2.09. The van der Waals surface area contributed by atoms with Gasteiger partial charge in [-0.15, -0.1) is 0 Å². The molecule has 0 saturated carbocycles. The van der Waals surface area contributed by atoms with Gasteiger partial charge in [-0.05, 0) is 6.08 Å². The zero-order chi connectivity index (χ0) is 11.5. The van der Waals surface area contributed by atoms with Gasteiger partial charge in [0.15, 0.2) is 0 Å². The molecule has 82 valence electrons. The fourth-order valence-electron chi connectivity index (χ4n) is 0.894. The first-order valence-corrected chi connectivity index (χ1v) is 4.83. The van der Waals surface area contributed by atoms with Crippen LogP contribution in [0.25, 0.3) is 0 Å². The van der Waals surface area contributed by atoms with Crippen LogP contribution in [0.1, 0.15) is 0 Å². The van der Waals surface area contributed by atoms with Crippen LogP contribution in [0.2, 0.25) is 0 Å². The molecule has 4 heteroatoms. The highest BCUT2D eigenvalue weighted by molar-refractivity contribution is 5.17. The Labute approximate surface area is 95.0 Å². The Morgan fingerprint density at radius 2 is 1.62 bits per heavy atom. The number of nitrogens with one attached hydrogen (secondary N) is 1. The largest absolute Gasteiger partial charge is 0.277 e. The van der Waals surface area contributed by atoms with Crippen LogP contribution in [0, 0.1) is 11.5 Å². The first kappa shape index (κ1) is 12.0. The molecule has 1 aliphatic heterocycles. The van der Waals surface area contributed by atoms with Crippen LogP contribution in [0.15, 0.2) is 60.9 Å². The molecule has 0 unspecified atom stereocenters. The molecule has 0 aromatic carbocycles. The number of hydrogen-bond acceptors (Lipinski definition) is 4. The Hall–Kier alpha value is -2.09. The van der Waals surface area contributed by atoms with Crippen molar-refractivity contribution in [2.45, 2.75) is 0 Å². The Kier molecular flexibility index (Phi) is 6.17. The first-order chi connectivity index (χ1) is 7.93. The molecule has 0 saturated heterocycles. The summed E-state index contributed by atoms with van der Waals surface area (Å²) in [4.78, 5) is 5.02. The van der Waals surface area contributed by atoms with Gasteiger partial charge in [-0.1, -0.05) is 54.2 Å². The Balaban J connectivity index is 2.63. The molecular weight excluding hydrogens is 202 g/mol. The Bertz CT molecular complexity index is 372. The van der Waals surface area contributed by atoms with Gasteiger partial charge in [0, 0.05) is 6.20 Å². The molecule has 1 aliphatic rings. The van der Waals surface area contributed by atoms with Crippen molar-refractivity contribution in [3.63, 3.8) is 0 Å². The fraction of sp³-hybridized carbons (Fsp3) is 0.0833. The zero-order valence-corrected chi connectivity index (χ0v) is 8.78. The maximum atomic E-state index is 8.71. The van der Waals surface area contributed by atoms with Crippen LogP contribution in [0.5, 0.6) is 0 Å². The summed E-state index contributed by atoms with van der Waals surface area (Å²) in [6, 6.07) is 0. The second-order valence-electron chi connectivity index (χ2n) is 2.80. The van der Waals surface area contributed by atoms with Crippen molar-refractivity contribution in [2.24, 2.45) is 0 Å². The fourth-order valence-corrected chi connectivity index (χ4v) is 0.894. The molecule has 0 fully saturated rings. The molecule has 1 N–H and O–H groups in total. The highest BCUT2D eigenvalue weighted by Crippen LogP contribution is 1.88. The molecule has 16 heavy (non-hydrogen) atoms. The topological polar surface area (TPSA) is 48.3 Å². The number of nitriles is 1. The maximum Gasteiger partial charge on any atom is 0.201 e. The lowest BCUT2D eigenvalue weighted by Crippen LogP contribution is -2.29. The Morgan fingerprint density at radius 1 is 1.00 bits per heavy atom. The molecule has 1 rings (SSSR count). The predicted molar refractivity (Wildman–Crippen MR) is 62.2 cm³/mol. The number of nitrogens with zero attached hydrogens (tertiary/aromatic N) is 2. The summed E-state index contributed by atoms with van der Waals surface area (Å²) in [6.45, 7) is 0.385. The van der Waals surface area contributed by atoms with E-state index in [0.717, 1.165) is 0 Å². The van der Waals surface area contributed by atoms with Gasteiger partial charge in [-0.2, -0.15) is 10.3 Å². The summed E-state index contributed by atoms with van der Waals surface area (Å²) in [5.41, 5.74) is 2.48. The van der Waals surface area contributed by atoms with Crippen LogP contribution >= 0.6 is 0 Å². The van der Waals surface area contributed by atoms with E-state index in [1.807, 2.05) is 54.8 Å². The third-order valence-corrected chi connectivity index (χ3v) is 1.60. The molecule has 1 heterocycles. The average molecular weight is 215 g/mol. The number of hydrazine groups is 1. The normalized spacial score (nSPS) is 27.1. The summed E-state index contributed by atoms with van der Waals surface area (Å²) >= 11 is 0. The third-order valence-electron chi connectivity index (χ3n) is 1.60. The average Bonchev–Trinajstić information content (AvgIpc) is 2.32. The van der Waals surface area contributed by atoms with Crippen LogP contribution in [-0.2, 0) is 4.84 Å². The quantitative estimate of drug-likeness (QED) is 0.627. The summed E-state index contributed by atoms with van der Waals surface area (Å²) < 4.78 is 0. The molecule has 0 radical (unpaired) electrons. The van der Waals surface area contributed by atoms with Crippen molar-refractivity contribution in [1.82, 2.24) is 10.6 Å². The summed E-state index contributed by atoms with van der Waals surface area (Å²) in [7, 11) is 0. The zero-order valence-electron chi connectivity index (χ0n) is 8.78. The SMILES string of the molecule is N#CN1\C=C/C=C/C=C/C=C\C=C\CON1. The van der Waals surface area contributed by atoms with Gasteiger partial charge in [-0.3, -0.25) is 4.84 Å². The Morgan fingerprint density at radius 3 is 2.31 bits per heavy atom. The second kappa shape index (κ2) is 8.24. The van der Waals surface area contributed by atoms with Gasteiger partial charge in [0.2, 0.25) is 6.19 Å². The van der Waals surface area contributed by atoms with Crippen LogP contribution in [0.3, 0.4) is 0 Å². The standard InChI is InChI=1S/C12H13N3O/c13-12-15-10-8-6-4-2-1-3-5-7-9-11-16-14-15/h1-10,14H,11H2/b2-1+,5-3-,6-4+,9-7+,10-8-. The van der Waals surface area contributed by atoms with Crippen LogP contribution < -0.4 is 5.59 Å². The monoisotopic (exact) mass is 215 g/mol. The van der Waals surface area contributed by atoms with Gasteiger partial charge in [0.1, 0.15) is 0 Å². The summed E-state index contributed by atoms with van der Waals surface area (Å²) in [5, 5.41) is 9.88. The number of hydrogen-bond donors (Lipinski definition) is 1. The van der Waals surface area contributed by atoms with E-state index in [1.54, 1.807) is 12.3 Å². The molecule has 0 aliphatic carbocycles. The summed E-state index contributed by atoms with van der Waals surface area (Å²) in [5.74, 6) is 0. The number of rotatable bonds is 0. The van der Waals surface area contributed by atoms with Gasteiger partial charge >= 0.3 is 0 Å². The molecule has 0 aromatic rings. The van der Waals surface area contributed by atoms with Gasteiger partial charge in [0.25, 0.3) is 0 Å². The van der Waals surface area contributed by atoms with E-state index in [4.69, 9.17) is 10.1 Å². The van der Waals surface area contributed by atoms with E-state index in [0.29, 0.717) is 6.61 Å². The second-order valence-corrected chi connectivity index (χ2v) is 2.80. The molecule has 0 amide bonds. The third kappa shape index (κ3) is 5.60. The van der Waals surface area contributed by atoms with Crippen molar-refractivity contribution in [3.05, 3.63) is 60.9 Å². The van der Waals surface area contributed by atoms with Gasteiger partial charge in [-0.25, -0.2) is 0 Å². The highest BCUT2D eigenvalue weighted by atomic mass is 16.7. The van der Waals surface area contributed by atoms with Crippen molar-refractivity contribution in [2.75, 3.05) is 6.61 Å². The maximum absolute atomic E-state index is 8.71. The lowest BCUT2D eigenvalue weighted by molar-refractivity contribution is -0.0207. The van der Waals surface area contributed by atoms with Gasteiger partial charge < -0.3 is 0 Å². The highest BCUT2D eigenvalue weighted by Gasteiger charge is 1.92. The van der Waals surface area contributed by atoms with E-state index in [1.165, 1.54) is 5.01 Å². The minimum Gasteiger partial charge on any atom is -0.277 e. The van der Waals surface area contributed by atoms with Crippen molar-refractivity contribution < 1.29 is 4.84 Å². The summed E-state index contributed by atoms with van der Waals surface area (Å²) in [6.07, 6.45) is 20.2. The molecule has 0 spiro atoms. The van der Waals surface area contributed by atoms with Crippen molar-refractivity contribution >= 4 is 0 Å². The lowest BCUT2D eigenvalue weighted by atomic mass is 10.4. The molecule has 4 nitrogen and oxygen atoms in total. The first-order valence-electron chi connectivity index (χ1n) is 4.83. The number of allylic oxidation sites excluding steroid dienone is 8. The molecule has 0 bridgehead atoms. The van der Waals surface area contributed by atoms with Crippen molar-refractivity contribution in [3.8, 4) is 6.19 Å². The van der Waals surface area contributed by atoms with Crippen LogP contribution in [-0.4, -0.2) is 11.6 Å². The smallest absolute Gasteiger partial charge is 0.201 e. The van der Waals surface area contributed by atoms with Crippen molar-refractivity contribution in [1.29, 1.82) is 5.26 Å². The van der Waals surface area contributed by atoms with E-state index in [2.05, 4.69) is 5.59 Å². The predicted octanol–water partition coefficient (Wildman–Crippen LogP) is 1.96. The van der Waals surface area contributed by atoms with E-state index in [9.17, 15) is 0 Å². The van der Waals surface area contributed by atoms with Gasteiger partial charge in [0.05, 0.1) is 6.61 Å². The van der Waals surface area contributed by atoms with E-state index >= 15 is 0 Å².